The highest BCUT2D eigenvalue weighted by Crippen LogP contribution is 1.88. The molecule has 3 nitrogen and oxygen atoms in total. The number of rotatable bonds is 6. The van der Waals surface area contributed by atoms with Crippen molar-refractivity contribution in [2.45, 2.75) is 33.7 Å². The number of hydrogen-bond donors (Lipinski definition) is 1. The van der Waals surface area contributed by atoms with Gasteiger partial charge in [-0.3, -0.25) is 4.98 Å². The van der Waals surface area contributed by atoms with Crippen LogP contribution in [0.2, 0.25) is 0 Å². The van der Waals surface area contributed by atoms with Gasteiger partial charge in [0.1, 0.15) is 0 Å². The lowest BCUT2D eigenvalue weighted by Gasteiger charge is -2.17. The van der Waals surface area contributed by atoms with Crippen LogP contribution in [0.5, 0.6) is 0 Å². The summed E-state index contributed by atoms with van der Waals surface area (Å²) in [7, 11) is -1.54. The fraction of sp³-hybridized carbons (Fsp3) is 1.00. The summed E-state index contributed by atoms with van der Waals surface area (Å²) in [6.45, 7) is 9.63. The van der Waals surface area contributed by atoms with Crippen LogP contribution in [-0.2, 0) is 8.85 Å². The average molecular weight is 177 g/mol. The van der Waals surface area contributed by atoms with Crippen molar-refractivity contribution in [2.24, 2.45) is 0 Å². The molecular weight excluding hydrogens is 158 g/mol. The zero-order valence-corrected chi connectivity index (χ0v) is 9.04. The van der Waals surface area contributed by atoms with Crippen LogP contribution in [0.3, 0.4) is 0 Å². The number of nitrogens with one attached hydrogen (secondary N) is 1. The van der Waals surface area contributed by atoms with Gasteiger partial charge >= 0.3 is 9.45 Å². The number of hydrogen-bond acceptors (Lipinski definition) is 3. The summed E-state index contributed by atoms with van der Waals surface area (Å²) < 4.78 is 10.8. The second-order valence-electron chi connectivity index (χ2n) is 2.56. The Morgan fingerprint density at radius 1 is 1.18 bits per heavy atom. The fourth-order valence-corrected chi connectivity index (χ4v) is 2.16. The van der Waals surface area contributed by atoms with Crippen LogP contribution >= 0.6 is 0 Å². The van der Waals surface area contributed by atoms with E-state index in [1.807, 2.05) is 13.8 Å². The summed E-state index contributed by atoms with van der Waals surface area (Å²) in [5.74, 6) is 0. The Labute approximate surface area is 71.0 Å². The Kier molecular flexibility index (Phi) is 6.85. The molecule has 4 heteroatoms. The fourth-order valence-electron chi connectivity index (χ4n) is 0.719. The molecule has 0 rings (SSSR count). The van der Waals surface area contributed by atoms with Gasteiger partial charge < -0.3 is 8.85 Å². The Bertz CT molecular complexity index is 84.5. The van der Waals surface area contributed by atoms with Crippen LogP contribution in [0, 0.1) is 0 Å². The minimum absolute atomic E-state index is 0.449. The quantitative estimate of drug-likeness (QED) is 0.608. The van der Waals surface area contributed by atoms with Gasteiger partial charge in [0, 0.05) is 13.2 Å². The Morgan fingerprint density at radius 2 is 1.64 bits per heavy atom. The second kappa shape index (κ2) is 6.79. The van der Waals surface area contributed by atoms with Crippen molar-refractivity contribution in [1.82, 2.24) is 4.98 Å². The van der Waals surface area contributed by atoms with E-state index in [1.54, 1.807) is 0 Å². The lowest BCUT2D eigenvalue weighted by atomic mass is 10.4. The zero-order valence-electron chi connectivity index (χ0n) is 7.89. The molecule has 0 aromatic rings. The van der Waals surface area contributed by atoms with E-state index >= 15 is 0 Å². The predicted octanol–water partition coefficient (Wildman–Crippen LogP) is 0.775. The maximum Gasteiger partial charge on any atom is 0.408 e. The van der Waals surface area contributed by atoms with E-state index in [4.69, 9.17) is 8.85 Å². The standard InChI is InChI=1S/C7H19NO2Si/c1-5-9-11(10-6-2)8-7(3)4/h7-8,11H,5-6H2,1-4H3. The summed E-state index contributed by atoms with van der Waals surface area (Å²) in [4.78, 5) is 3.28. The maximum absolute atomic E-state index is 5.40. The van der Waals surface area contributed by atoms with Crippen molar-refractivity contribution < 1.29 is 8.85 Å². The molecule has 0 aromatic carbocycles. The first-order valence-electron chi connectivity index (χ1n) is 4.20. The molecule has 0 spiro atoms. The van der Waals surface area contributed by atoms with Crippen LogP contribution < -0.4 is 4.98 Å². The summed E-state index contributed by atoms with van der Waals surface area (Å²) in [6.07, 6.45) is 0. The van der Waals surface area contributed by atoms with Gasteiger partial charge in [-0.2, -0.15) is 0 Å². The van der Waals surface area contributed by atoms with Crippen LogP contribution in [0.4, 0.5) is 0 Å². The third-order valence-corrected chi connectivity index (χ3v) is 3.32. The van der Waals surface area contributed by atoms with Crippen molar-refractivity contribution in [2.75, 3.05) is 13.2 Å². The van der Waals surface area contributed by atoms with E-state index in [1.165, 1.54) is 0 Å². The highest BCUT2D eigenvalue weighted by Gasteiger charge is 2.12. The van der Waals surface area contributed by atoms with E-state index in [0.717, 1.165) is 13.2 Å². The molecule has 0 heterocycles. The van der Waals surface area contributed by atoms with Gasteiger partial charge in [0.05, 0.1) is 0 Å². The summed E-state index contributed by atoms with van der Waals surface area (Å²) >= 11 is 0. The highest BCUT2D eigenvalue weighted by molar-refractivity contribution is 6.41. The van der Waals surface area contributed by atoms with E-state index in [9.17, 15) is 0 Å². The second-order valence-corrected chi connectivity index (χ2v) is 4.23. The molecule has 0 bridgehead atoms. The molecule has 0 saturated carbocycles. The molecule has 0 unspecified atom stereocenters. The molecule has 0 atom stereocenters. The molecule has 1 N–H and O–H groups in total. The molecule has 0 radical (unpaired) electrons. The van der Waals surface area contributed by atoms with Crippen LogP contribution in [0.15, 0.2) is 0 Å². The smallest absolute Gasteiger partial charge is 0.385 e. The molecule has 0 aliphatic heterocycles. The van der Waals surface area contributed by atoms with E-state index in [2.05, 4.69) is 18.8 Å². The Morgan fingerprint density at radius 3 is 1.91 bits per heavy atom. The van der Waals surface area contributed by atoms with Gasteiger partial charge in [-0.25, -0.2) is 0 Å². The minimum Gasteiger partial charge on any atom is -0.385 e. The van der Waals surface area contributed by atoms with Gasteiger partial charge in [-0.15, -0.1) is 0 Å². The molecule has 0 aromatic heterocycles. The summed E-state index contributed by atoms with van der Waals surface area (Å²) in [5.41, 5.74) is 0. The maximum atomic E-state index is 5.40. The van der Waals surface area contributed by atoms with Crippen molar-refractivity contribution >= 4 is 9.45 Å². The Hall–Kier alpha value is 0.0969. The van der Waals surface area contributed by atoms with E-state index in [-0.39, 0.29) is 0 Å². The predicted molar refractivity (Wildman–Crippen MR) is 48.7 cm³/mol. The first kappa shape index (κ1) is 11.1. The van der Waals surface area contributed by atoms with Crippen molar-refractivity contribution in [3.63, 3.8) is 0 Å². The summed E-state index contributed by atoms with van der Waals surface area (Å²) in [5, 5.41) is 0. The molecule has 11 heavy (non-hydrogen) atoms. The third-order valence-electron chi connectivity index (χ3n) is 1.11. The van der Waals surface area contributed by atoms with E-state index in [0.29, 0.717) is 6.04 Å². The largest absolute Gasteiger partial charge is 0.408 e. The van der Waals surface area contributed by atoms with Crippen molar-refractivity contribution in [1.29, 1.82) is 0 Å². The molecule has 68 valence electrons. The highest BCUT2D eigenvalue weighted by atomic mass is 28.3. The lowest BCUT2D eigenvalue weighted by Crippen LogP contribution is -2.44. The average Bonchev–Trinajstić information content (AvgIpc) is 1.87. The summed E-state index contributed by atoms with van der Waals surface area (Å²) in [6, 6.07) is 0.449. The Balaban J connectivity index is 3.50. The van der Waals surface area contributed by atoms with Gasteiger partial charge in [0.15, 0.2) is 0 Å². The topological polar surface area (TPSA) is 30.5 Å². The third kappa shape index (κ3) is 6.49. The van der Waals surface area contributed by atoms with Crippen molar-refractivity contribution in [3.05, 3.63) is 0 Å². The van der Waals surface area contributed by atoms with Crippen molar-refractivity contribution in [3.8, 4) is 0 Å². The van der Waals surface area contributed by atoms with Crippen LogP contribution in [0.1, 0.15) is 27.7 Å². The zero-order chi connectivity index (χ0) is 8.69. The van der Waals surface area contributed by atoms with Gasteiger partial charge in [0.2, 0.25) is 0 Å². The first-order valence-corrected chi connectivity index (χ1v) is 5.72. The monoisotopic (exact) mass is 177 g/mol. The molecular formula is C7H19NO2Si. The minimum atomic E-state index is -1.54. The molecule has 0 amide bonds. The van der Waals surface area contributed by atoms with Gasteiger partial charge in [0.25, 0.3) is 0 Å². The molecule has 0 saturated heterocycles. The molecule has 0 fully saturated rings. The van der Waals surface area contributed by atoms with Gasteiger partial charge in [-0.05, 0) is 19.9 Å². The van der Waals surface area contributed by atoms with E-state index < -0.39 is 9.45 Å². The first-order chi connectivity index (χ1) is 5.20. The lowest BCUT2D eigenvalue weighted by molar-refractivity contribution is 0.200. The molecule has 0 aliphatic rings. The normalized spacial score (nSPS) is 11.5. The van der Waals surface area contributed by atoms with Crippen LogP contribution in [0.25, 0.3) is 0 Å². The SMILES string of the molecule is CCO[SiH](NC(C)C)OCC. The van der Waals surface area contributed by atoms with Gasteiger partial charge in [-0.1, -0.05) is 13.8 Å². The van der Waals surface area contributed by atoms with Crippen LogP contribution in [-0.4, -0.2) is 28.7 Å². The molecule has 0 aliphatic carbocycles.